The van der Waals surface area contributed by atoms with Crippen LogP contribution in [0, 0.1) is 5.92 Å². The van der Waals surface area contributed by atoms with Gasteiger partial charge in [0.1, 0.15) is 0 Å². The standard InChI is InChI=1S/C13H27N3O2/c1-5-9(3)12(14)13(18)15-8-7-11(17)16-10(4)6-2/h9-10,12H,5-8,14H2,1-4H3,(H,15,18)(H,16,17). The van der Waals surface area contributed by atoms with Crippen molar-refractivity contribution in [1.29, 1.82) is 0 Å². The van der Waals surface area contributed by atoms with Crippen LogP contribution in [0.2, 0.25) is 0 Å². The molecule has 0 heterocycles. The lowest BCUT2D eigenvalue weighted by molar-refractivity contribution is -0.124. The van der Waals surface area contributed by atoms with Crippen LogP contribution in [0.15, 0.2) is 0 Å². The molecule has 0 aromatic rings. The molecule has 0 aliphatic heterocycles. The molecule has 0 aliphatic carbocycles. The average molecular weight is 257 g/mol. The van der Waals surface area contributed by atoms with E-state index in [1.54, 1.807) is 0 Å². The third kappa shape index (κ3) is 6.59. The van der Waals surface area contributed by atoms with Gasteiger partial charge in [-0.1, -0.05) is 27.2 Å². The van der Waals surface area contributed by atoms with E-state index in [1.165, 1.54) is 0 Å². The van der Waals surface area contributed by atoms with E-state index >= 15 is 0 Å². The normalized spacial score (nSPS) is 15.6. The van der Waals surface area contributed by atoms with E-state index < -0.39 is 6.04 Å². The Hall–Kier alpha value is -1.10. The Morgan fingerprint density at radius 1 is 1.17 bits per heavy atom. The van der Waals surface area contributed by atoms with Crippen LogP contribution in [0.4, 0.5) is 0 Å². The van der Waals surface area contributed by atoms with Crippen LogP contribution in [0.1, 0.15) is 47.0 Å². The molecule has 0 spiro atoms. The SMILES string of the molecule is CCC(C)NC(=O)CCNC(=O)C(N)C(C)CC. The summed E-state index contributed by atoms with van der Waals surface area (Å²) in [7, 11) is 0. The highest BCUT2D eigenvalue weighted by Crippen LogP contribution is 2.04. The maximum absolute atomic E-state index is 11.6. The predicted octanol–water partition coefficient (Wildman–Crippen LogP) is 0.781. The van der Waals surface area contributed by atoms with Gasteiger partial charge in [-0.05, 0) is 19.3 Å². The first-order valence-electron chi connectivity index (χ1n) is 6.74. The zero-order valence-electron chi connectivity index (χ0n) is 12.0. The van der Waals surface area contributed by atoms with Crippen LogP contribution in [0.3, 0.4) is 0 Å². The molecule has 5 heteroatoms. The van der Waals surface area contributed by atoms with Crippen molar-refractivity contribution in [3.63, 3.8) is 0 Å². The van der Waals surface area contributed by atoms with Crippen molar-refractivity contribution in [1.82, 2.24) is 10.6 Å². The van der Waals surface area contributed by atoms with Gasteiger partial charge in [-0.15, -0.1) is 0 Å². The number of nitrogens with one attached hydrogen (secondary N) is 2. The van der Waals surface area contributed by atoms with Crippen molar-refractivity contribution in [3.8, 4) is 0 Å². The number of hydrogen-bond acceptors (Lipinski definition) is 3. The van der Waals surface area contributed by atoms with Gasteiger partial charge < -0.3 is 16.4 Å². The van der Waals surface area contributed by atoms with E-state index in [2.05, 4.69) is 10.6 Å². The van der Waals surface area contributed by atoms with Gasteiger partial charge in [0.25, 0.3) is 0 Å². The topological polar surface area (TPSA) is 84.2 Å². The van der Waals surface area contributed by atoms with Crippen LogP contribution >= 0.6 is 0 Å². The van der Waals surface area contributed by atoms with E-state index in [9.17, 15) is 9.59 Å². The highest BCUT2D eigenvalue weighted by molar-refractivity contribution is 5.82. The van der Waals surface area contributed by atoms with Gasteiger partial charge >= 0.3 is 0 Å². The minimum atomic E-state index is -0.493. The number of hydrogen-bond donors (Lipinski definition) is 3. The molecule has 3 unspecified atom stereocenters. The fourth-order valence-corrected chi connectivity index (χ4v) is 1.38. The number of amides is 2. The Labute approximate surface area is 110 Å². The summed E-state index contributed by atoms with van der Waals surface area (Å²) in [5, 5.41) is 5.54. The lowest BCUT2D eigenvalue weighted by Crippen LogP contribution is -2.45. The second-order valence-corrected chi connectivity index (χ2v) is 4.83. The molecule has 0 saturated carbocycles. The van der Waals surface area contributed by atoms with E-state index in [0.717, 1.165) is 12.8 Å². The molecule has 18 heavy (non-hydrogen) atoms. The van der Waals surface area contributed by atoms with Crippen molar-refractivity contribution in [2.75, 3.05) is 6.54 Å². The third-order valence-corrected chi connectivity index (χ3v) is 3.23. The fraction of sp³-hybridized carbons (Fsp3) is 0.846. The number of nitrogens with two attached hydrogens (primary N) is 1. The summed E-state index contributed by atoms with van der Waals surface area (Å²) in [6.45, 7) is 8.25. The van der Waals surface area contributed by atoms with E-state index in [-0.39, 0.29) is 23.8 Å². The number of rotatable bonds is 8. The second kappa shape index (κ2) is 8.91. The van der Waals surface area contributed by atoms with Crippen molar-refractivity contribution in [3.05, 3.63) is 0 Å². The monoisotopic (exact) mass is 257 g/mol. The summed E-state index contributed by atoms with van der Waals surface area (Å²) in [4.78, 5) is 23.1. The summed E-state index contributed by atoms with van der Waals surface area (Å²) in [5.41, 5.74) is 5.78. The molecule has 0 aromatic carbocycles. The Morgan fingerprint density at radius 2 is 1.78 bits per heavy atom. The summed E-state index contributed by atoms with van der Waals surface area (Å²) in [5.74, 6) is -0.0682. The summed E-state index contributed by atoms with van der Waals surface area (Å²) in [6.07, 6.45) is 2.06. The molecular formula is C13H27N3O2. The molecule has 2 amide bonds. The highest BCUT2D eigenvalue weighted by Gasteiger charge is 2.18. The lowest BCUT2D eigenvalue weighted by Gasteiger charge is -2.17. The molecule has 0 fully saturated rings. The van der Waals surface area contributed by atoms with Gasteiger partial charge in [-0.3, -0.25) is 9.59 Å². The Balaban J connectivity index is 3.84. The van der Waals surface area contributed by atoms with E-state index in [4.69, 9.17) is 5.73 Å². The van der Waals surface area contributed by atoms with Crippen molar-refractivity contribution in [2.45, 2.75) is 59.0 Å². The Kier molecular flexibility index (Phi) is 8.37. The van der Waals surface area contributed by atoms with Crippen molar-refractivity contribution in [2.24, 2.45) is 11.7 Å². The van der Waals surface area contributed by atoms with Crippen LogP contribution in [-0.2, 0) is 9.59 Å². The zero-order chi connectivity index (χ0) is 14.1. The van der Waals surface area contributed by atoms with Crippen molar-refractivity contribution < 1.29 is 9.59 Å². The minimum absolute atomic E-state index is 0.0400. The first-order valence-corrected chi connectivity index (χ1v) is 6.74. The van der Waals surface area contributed by atoms with Gasteiger partial charge in [-0.25, -0.2) is 0 Å². The van der Waals surface area contributed by atoms with Crippen LogP contribution in [-0.4, -0.2) is 30.4 Å². The van der Waals surface area contributed by atoms with Gasteiger partial charge in [0.05, 0.1) is 6.04 Å². The van der Waals surface area contributed by atoms with E-state index in [0.29, 0.717) is 13.0 Å². The van der Waals surface area contributed by atoms with Gasteiger partial charge in [0.2, 0.25) is 11.8 Å². The number of carbonyl (C=O) groups is 2. The molecule has 0 aliphatic rings. The Morgan fingerprint density at radius 3 is 2.28 bits per heavy atom. The summed E-state index contributed by atoms with van der Waals surface area (Å²) >= 11 is 0. The molecule has 106 valence electrons. The molecular weight excluding hydrogens is 230 g/mol. The maximum Gasteiger partial charge on any atom is 0.237 e. The zero-order valence-corrected chi connectivity index (χ0v) is 12.0. The molecule has 0 rings (SSSR count). The highest BCUT2D eigenvalue weighted by atomic mass is 16.2. The third-order valence-electron chi connectivity index (χ3n) is 3.23. The lowest BCUT2D eigenvalue weighted by atomic mass is 9.99. The Bertz CT molecular complexity index is 269. The smallest absolute Gasteiger partial charge is 0.237 e. The summed E-state index contributed by atoms with van der Waals surface area (Å²) < 4.78 is 0. The van der Waals surface area contributed by atoms with Gasteiger partial charge in [0, 0.05) is 19.0 Å². The second-order valence-electron chi connectivity index (χ2n) is 4.83. The van der Waals surface area contributed by atoms with Gasteiger partial charge in [-0.2, -0.15) is 0 Å². The molecule has 0 aromatic heterocycles. The van der Waals surface area contributed by atoms with Gasteiger partial charge in [0.15, 0.2) is 0 Å². The first-order chi connectivity index (χ1) is 8.42. The first kappa shape index (κ1) is 16.9. The van der Waals surface area contributed by atoms with Crippen LogP contribution in [0.5, 0.6) is 0 Å². The van der Waals surface area contributed by atoms with Crippen LogP contribution < -0.4 is 16.4 Å². The number of carbonyl (C=O) groups excluding carboxylic acids is 2. The van der Waals surface area contributed by atoms with Crippen LogP contribution in [0.25, 0.3) is 0 Å². The largest absolute Gasteiger partial charge is 0.354 e. The van der Waals surface area contributed by atoms with Crippen molar-refractivity contribution >= 4 is 11.8 Å². The quantitative estimate of drug-likeness (QED) is 0.601. The molecule has 0 radical (unpaired) electrons. The van der Waals surface area contributed by atoms with E-state index in [1.807, 2.05) is 27.7 Å². The molecule has 0 bridgehead atoms. The molecule has 5 nitrogen and oxygen atoms in total. The molecule has 4 N–H and O–H groups in total. The summed E-state index contributed by atoms with van der Waals surface area (Å²) in [6, 6.07) is -0.316. The average Bonchev–Trinajstić information content (AvgIpc) is 2.36. The minimum Gasteiger partial charge on any atom is -0.354 e. The molecule has 3 atom stereocenters. The fourth-order valence-electron chi connectivity index (χ4n) is 1.38. The predicted molar refractivity (Wildman–Crippen MR) is 73.0 cm³/mol. The maximum atomic E-state index is 11.6. The molecule has 0 saturated heterocycles.